The van der Waals surface area contributed by atoms with Crippen LogP contribution in [0.1, 0.15) is 6.42 Å². The van der Waals surface area contributed by atoms with Gasteiger partial charge < -0.3 is 9.64 Å². The molecule has 4 heteroatoms. The number of carbonyl (C=O) groups is 1. The molecule has 0 aromatic heterocycles. The van der Waals surface area contributed by atoms with Gasteiger partial charge in [-0.1, -0.05) is 6.08 Å². The summed E-state index contributed by atoms with van der Waals surface area (Å²) in [5, 5.41) is 0. The minimum atomic E-state index is -0.272. The van der Waals surface area contributed by atoms with Crippen molar-refractivity contribution in [3.63, 3.8) is 0 Å². The molecule has 0 saturated carbocycles. The predicted octanol–water partition coefficient (Wildman–Crippen LogP) is 1.62. The molecule has 1 heterocycles. The number of hydrogen-bond acceptors (Lipinski definition) is 2. The molecule has 0 aromatic carbocycles. The molecule has 0 aliphatic carbocycles. The summed E-state index contributed by atoms with van der Waals surface area (Å²) >= 11 is 5.65. The minimum Gasteiger partial charge on any atom is -0.453 e. The Bertz CT molecular complexity index is 203. The molecule has 1 amide bonds. The highest BCUT2D eigenvalue weighted by Gasteiger charge is 2.17. The SMILES string of the molecule is COC(=O)N1CCC=C(CCl)C1. The van der Waals surface area contributed by atoms with Crippen molar-refractivity contribution in [2.24, 2.45) is 0 Å². The first-order chi connectivity index (χ1) is 5.77. The van der Waals surface area contributed by atoms with E-state index in [4.69, 9.17) is 11.6 Å². The van der Waals surface area contributed by atoms with Gasteiger partial charge in [0.15, 0.2) is 0 Å². The third kappa shape index (κ3) is 2.14. The van der Waals surface area contributed by atoms with E-state index >= 15 is 0 Å². The first-order valence-corrected chi connectivity index (χ1v) is 4.38. The van der Waals surface area contributed by atoms with Crippen LogP contribution in [0.25, 0.3) is 0 Å². The Hall–Kier alpha value is -0.700. The number of carbonyl (C=O) groups excluding carboxylic acids is 1. The van der Waals surface area contributed by atoms with Crippen LogP contribution in [0.15, 0.2) is 11.6 Å². The summed E-state index contributed by atoms with van der Waals surface area (Å²) in [5.74, 6) is 0.494. The maximum atomic E-state index is 11.1. The molecule has 0 fully saturated rings. The molecule has 0 atom stereocenters. The average Bonchev–Trinajstić information content (AvgIpc) is 2.17. The van der Waals surface area contributed by atoms with Crippen molar-refractivity contribution >= 4 is 17.7 Å². The van der Waals surface area contributed by atoms with Crippen LogP contribution >= 0.6 is 11.6 Å². The highest BCUT2D eigenvalue weighted by Crippen LogP contribution is 2.11. The zero-order valence-electron chi connectivity index (χ0n) is 7.05. The highest BCUT2D eigenvalue weighted by molar-refractivity contribution is 6.19. The number of halogens is 1. The van der Waals surface area contributed by atoms with E-state index in [0.29, 0.717) is 12.4 Å². The number of rotatable bonds is 1. The van der Waals surface area contributed by atoms with Crippen LogP contribution in [0, 0.1) is 0 Å². The fraction of sp³-hybridized carbons (Fsp3) is 0.625. The van der Waals surface area contributed by atoms with Crippen molar-refractivity contribution in [1.82, 2.24) is 4.90 Å². The van der Waals surface area contributed by atoms with Gasteiger partial charge >= 0.3 is 6.09 Å². The molecule has 3 nitrogen and oxygen atoms in total. The summed E-state index contributed by atoms with van der Waals surface area (Å²) < 4.78 is 4.60. The molecule has 1 aliphatic heterocycles. The van der Waals surface area contributed by atoms with E-state index in [1.165, 1.54) is 7.11 Å². The fourth-order valence-corrected chi connectivity index (χ4v) is 1.39. The van der Waals surface area contributed by atoms with E-state index in [0.717, 1.165) is 18.5 Å². The van der Waals surface area contributed by atoms with Crippen LogP contribution < -0.4 is 0 Å². The normalized spacial score (nSPS) is 17.2. The van der Waals surface area contributed by atoms with Gasteiger partial charge in [0.2, 0.25) is 0 Å². The molecule has 0 bridgehead atoms. The van der Waals surface area contributed by atoms with Gasteiger partial charge in [0, 0.05) is 19.0 Å². The lowest BCUT2D eigenvalue weighted by Gasteiger charge is -2.25. The maximum absolute atomic E-state index is 11.1. The smallest absolute Gasteiger partial charge is 0.409 e. The molecule has 0 radical (unpaired) electrons. The van der Waals surface area contributed by atoms with Crippen molar-refractivity contribution in [3.05, 3.63) is 11.6 Å². The average molecular weight is 190 g/mol. The van der Waals surface area contributed by atoms with E-state index in [9.17, 15) is 4.79 Å². The van der Waals surface area contributed by atoms with Crippen LogP contribution in [0.4, 0.5) is 4.79 Å². The van der Waals surface area contributed by atoms with Gasteiger partial charge in [0.25, 0.3) is 0 Å². The van der Waals surface area contributed by atoms with Gasteiger partial charge in [-0.3, -0.25) is 0 Å². The van der Waals surface area contributed by atoms with Gasteiger partial charge in [-0.25, -0.2) is 4.79 Å². The maximum Gasteiger partial charge on any atom is 0.409 e. The molecule has 0 unspecified atom stereocenters. The highest BCUT2D eigenvalue weighted by atomic mass is 35.5. The summed E-state index contributed by atoms with van der Waals surface area (Å²) in [6.07, 6.45) is 2.68. The zero-order chi connectivity index (χ0) is 8.97. The molecule has 1 aliphatic rings. The quantitative estimate of drug-likeness (QED) is 0.464. The summed E-state index contributed by atoms with van der Waals surface area (Å²) in [6, 6.07) is 0. The second-order valence-corrected chi connectivity index (χ2v) is 2.94. The first-order valence-electron chi connectivity index (χ1n) is 3.84. The predicted molar refractivity (Wildman–Crippen MR) is 47.4 cm³/mol. The molecule has 0 saturated heterocycles. The molecule has 68 valence electrons. The summed E-state index contributed by atoms with van der Waals surface area (Å²) in [4.78, 5) is 12.7. The van der Waals surface area contributed by atoms with Crippen LogP contribution in [-0.4, -0.2) is 37.1 Å². The summed E-state index contributed by atoms with van der Waals surface area (Å²) in [6.45, 7) is 1.34. The number of amides is 1. The van der Waals surface area contributed by atoms with Gasteiger partial charge in [-0.05, 0) is 12.0 Å². The van der Waals surface area contributed by atoms with Gasteiger partial charge in [0.1, 0.15) is 0 Å². The first kappa shape index (κ1) is 9.39. The van der Waals surface area contributed by atoms with E-state index in [2.05, 4.69) is 10.8 Å². The van der Waals surface area contributed by atoms with Crippen LogP contribution in [0.2, 0.25) is 0 Å². The van der Waals surface area contributed by atoms with Crippen molar-refractivity contribution in [2.45, 2.75) is 6.42 Å². The van der Waals surface area contributed by atoms with E-state index in [-0.39, 0.29) is 6.09 Å². The Morgan fingerprint density at radius 3 is 3.17 bits per heavy atom. The number of alkyl halides is 1. The van der Waals surface area contributed by atoms with Crippen molar-refractivity contribution in [2.75, 3.05) is 26.1 Å². The molecule has 0 N–H and O–H groups in total. The minimum absolute atomic E-state index is 0.272. The van der Waals surface area contributed by atoms with Crippen LogP contribution in [0.5, 0.6) is 0 Å². The zero-order valence-corrected chi connectivity index (χ0v) is 7.80. The second-order valence-electron chi connectivity index (χ2n) is 2.68. The third-order valence-electron chi connectivity index (χ3n) is 1.83. The van der Waals surface area contributed by atoms with Gasteiger partial charge in [-0.15, -0.1) is 11.6 Å². The number of methoxy groups -OCH3 is 1. The van der Waals surface area contributed by atoms with E-state index < -0.39 is 0 Å². The Morgan fingerprint density at radius 1 is 1.83 bits per heavy atom. The molecule has 0 spiro atoms. The standard InChI is InChI=1S/C8H12ClNO2/c1-12-8(11)10-4-2-3-7(5-9)6-10/h3H,2,4-6H2,1H3. The monoisotopic (exact) mass is 189 g/mol. The molecule has 1 rings (SSSR count). The number of ether oxygens (including phenoxy) is 1. The molecule has 12 heavy (non-hydrogen) atoms. The van der Waals surface area contributed by atoms with E-state index in [1.807, 2.05) is 0 Å². The molecule has 0 aromatic rings. The van der Waals surface area contributed by atoms with E-state index in [1.54, 1.807) is 4.90 Å². The van der Waals surface area contributed by atoms with Crippen LogP contribution in [0.3, 0.4) is 0 Å². The summed E-state index contributed by atoms with van der Waals surface area (Å²) in [5.41, 5.74) is 1.09. The topological polar surface area (TPSA) is 29.5 Å². The molecular formula is C8H12ClNO2. The number of nitrogens with zero attached hydrogens (tertiary/aromatic N) is 1. The molecular weight excluding hydrogens is 178 g/mol. The Kier molecular flexibility index (Phi) is 3.41. The lowest BCUT2D eigenvalue weighted by Crippen LogP contribution is -2.35. The Balaban J connectivity index is 2.51. The number of hydrogen-bond donors (Lipinski definition) is 0. The largest absolute Gasteiger partial charge is 0.453 e. The summed E-state index contributed by atoms with van der Waals surface area (Å²) in [7, 11) is 1.39. The van der Waals surface area contributed by atoms with Crippen molar-refractivity contribution < 1.29 is 9.53 Å². The third-order valence-corrected chi connectivity index (χ3v) is 2.17. The second kappa shape index (κ2) is 4.36. The van der Waals surface area contributed by atoms with Crippen molar-refractivity contribution in [3.8, 4) is 0 Å². The lowest BCUT2D eigenvalue weighted by molar-refractivity contribution is 0.126. The fourth-order valence-electron chi connectivity index (χ4n) is 1.20. The van der Waals surface area contributed by atoms with Crippen LogP contribution in [-0.2, 0) is 4.74 Å². The van der Waals surface area contributed by atoms with Gasteiger partial charge in [-0.2, -0.15) is 0 Å². The Morgan fingerprint density at radius 2 is 2.58 bits per heavy atom. The Labute approximate surface area is 76.9 Å². The lowest BCUT2D eigenvalue weighted by atomic mass is 10.1. The van der Waals surface area contributed by atoms with Crippen molar-refractivity contribution in [1.29, 1.82) is 0 Å². The van der Waals surface area contributed by atoms with Gasteiger partial charge in [0.05, 0.1) is 7.11 Å².